The summed E-state index contributed by atoms with van der Waals surface area (Å²) in [4.78, 5) is 12.4. The fourth-order valence-corrected chi connectivity index (χ4v) is 4.57. The van der Waals surface area contributed by atoms with Crippen LogP contribution in [0.25, 0.3) is 11.0 Å². The molecule has 1 aromatic heterocycles. The van der Waals surface area contributed by atoms with E-state index in [0.29, 0.717) is 6.42 Å². The third kappa shape index (κ3) is 12.5. The standard InChI is InChI=1S/C30H49N3O/c1-2-3-4-5-6-7-8-9-10-11-12-13-14-15-16-17-18-19-20-21-22-27-30(34)33-29-26-24-23-25-28(29)31-32-33/h7-8,23-26H,2-6,9-22,27H2,1H3/b8-7+. The summed E-state index contributed by atoms with van der Waals surface area (Å²) in [6.07, 6.45) is 30.5. The number of para-hydroxylation sites is 1. The molecule has 2 rings (SSSR count). The predicted octanol–water partition coefficient (Wildman–Crippen LogP) is 9.45. The van der Waals surface area contributed by atoms with Crippen molar-refractivity contribution in [2.45, 2.75) is 135 Å². The Morgan fingerprint density at radius 1 is 0.706 bits per heavy atom. The minimum atomic E-state index is 0.0583. The highest BCUT2D eigenvalue weighted by Crippen LogP contribution is 2.15. The highest BCUT2D eigenvalue weighted by molar-refractivity contribution is 5.88. The summed E-state index contributed by atoms with van der Waals surface area (Å²) < 4.78 is 1.46. The van der Waals surface area contributed by atoms with E-state index in [1.807, 2.05) is 24.3 Å². The molecule has 0 spiro atoms. The third-order valence-electron chi connectivity index (χ3n) is 6.74. The second kappa shape index (κ2) is 19.3. The summed E-state index contributed by atoms with van der Waals surface area (Å²) in [6.45, 7) is 2.27. The molecular formula is C30H49N3O. The molecule has 0 bridgehead atoms. The maximum absolute atomic E-state index is 12.4. The van der Waals surface area contributed by atoms with Crippen LogP contribution in [0.5, 0.6) is 0 Å². The molecule has 190 valence electrons. The lowest BCUT2D eigenvalue weighted by atomic mass is 10.0. The first-order valence-corrected chi connectivity index (χ1v) is 14.3. The van der Waals surface area contributed by atoms with E-state index in [9.17, 15) is 4.79 Å². The first-order valence-electron chi connectivity index (χ1n) is 14.3. The summed E-state index contributed by atoms with van der Waals surface area (Å²) in [5, 5.41) is 8.08. The van der Waals surface area contributed by atoms with Crippen LogP contribution in [0.1, 0.15) is 140 Å². The molecule has 1 heterocycles. The molecule has 0 aliphatic carbocycles. The second-order valence-electron chi connectivity index (χ2n) is 9.84. The van der Waals surface area contributed by atoms with Gasteiger partial charge < -0.3 is 0 Å². The average Bonchev–Trinajstić information content (AvgIpc) is 3.29. The summed E-state index contributed by atoms with van der Waals surface area (Å²) >= 11 is 0. The molecular weight excluding hydrogens is 418 g/mol. The van der Waals surface area contributed by atoms with Gasteiger partial charge in [0.15, 0.2) is 0 Å². The number of unbranched alkanes of at least 4 members (excludes halogenated alkanes) is 17. The van der Waals surface area contributed by atoms with Crippen molar-refractivity contribution in [1.82, 2.24) is 15.0 Å². The van der Waals surface area contributed by atoms with Crippen LogP contribution in [0.4, 0.5) is 0 Å². The quantitative estimate of drug-likeness (QED) is 0.136. The molecule has 1 aromatic carbocycles. The summed E-state index contributed by atoms with van der Waals surface area (Å²) in [5.74, 6) is 0.0583. The normalized spacial score (nSPS) is 11.7. The molecule has 4 nitrogen and oxygen atoms in total. The Hall–Kier alpha value is -1.97. The SMILES string of the molecule is CCCCCC/C=C/CCCCCCCCCCCCCCCC(=O)n1nnc2ccccc21. The Kier molecular flexibility index (Phi) is 16.1. The van der Waals surface area contributed by atoms with Crippen LogP contribution in [0.15, 0.2) is 36.4 Å². The number of hydrogen-bond acceptors (Lipinski definition) is 3. The van der Waals surface area contributed by atoms with Gasteiger partial charge in [-0.2, -0.15) is 4.68 Å². The van der Waals surface area contributed by atoms with Crippen LogP contribution in [0.3, 0.4) is 0 Å². The zero-order valence-corrected chi connectivity index (χ0v) is 21.9. The van der Waals surface area contributed by atoms with Crippen LogP contribution in [0, 0.1) is 0 Å². The molecule has 0 aliphatic heterocycles. The topological polar surface area (TPSA) is 47.8 Å². The van der Waals surface area contributed by atoms with E-state index in [-0.39, 0.29) is 5.91 Å². The van der Waals surface area contributed by atoms with Crippen molar-refractivity contribution in [3.63, 3.8) is 0 Å². The van der Waals surface area contributed by atoms with Gasteiger partial charge in [-0.05, 0) is 44.2 Å². The molecule has 0 aliphatic rings. The number of aromatic nitrogens is 3. The minimum absolute atomic E-state index is 0.0583. The second-order valence-corrected chi connectivity index (χ2v) is 9.84. The number of allylic oxidation sites excluding steroid dienone is 2. The number of carbonyl (C=O) groups is 1. The van der Waals surface area contributed by atoms with Gasteiger partial charge in [0, 0.05) is 6.42 Å². The number of rotatable bonds is 21. The predicted molar refractivity (Wildman–Crippen MR) is 145 cm³/mol. The average molecular weight is 468 g/mol. The van der Waals surface area contributed by atoms with Gasteiger partial charge in [-0.15, -0.1) is 5.10 Å². The monoisotopic (exact) mass is 467 g/mol. The molecule has 0 radical (unpaired) electrons. The van der Waals surface area contributed by atoms with Crippen molar-refractivity contribution in [2.75, 3.05) is 0 Å². The van der Waals surface area contributed by atoms with Crippen LogP contribution in [-0.2, 0) is 0 Å². The molecule has 34 heavy (non-hydrogen) atoms. The zero-order valence-electron chi connectivity index (χ0n) is 21.9. The van der Waals surface area contributed by atoms with Gasteiger partial charge in [-0.3, -0.25) is 4.79 Å². The van der Waals surface area contributed by atoms with Gasteiger partial charge in [0.1, 0.15) is 5.52 Å². The van der Waals surface area contributed by atoms with Gasteiger partial charge in [0.2, 0.25) is 5.91 Å². The lowest BCUT2D eigenvalue weighted by Gasteiger charge is -2.04. The highest BCUT2D eigenvalue weighted by atomic mass is 16.2. The molecule has 0 amide bonds. The number of hydrogen-bond donors (Lipinski definition) is 0. The smallest absolute Gasteiger partial charge is 0.248 e. The molecule has 0 unspecified atom stereocenters. The lowest BCUT2D eigenvalue weighted by molar-refractivity contribution is 0.0886. The Labute approximate surface area is 208 Å². The fourth-order valence-electron chi connectivity index (χ4n) is 4.57. The minimum Gasteiger partial charge on any atom is -0.273 e. The highest BCUT2D eigenvalue weighted by Gasteiger charge is 2.10. The van der Waals surface area contributed by atoms with Gasteiger partial charge in [-0.1, -0.05) is 126 Å². The van der Waals surface area contributed by atoms with E-state index in [0.717, 1.165) is 23.9 Å². The van der Waals surface area contributed by atoms with Crippen LogP contribution >= 0.6 is 0 Å². The summed E-state index contributed by atoms with van der Waals surface area (Å²) in [5.41, 5.74) is 1.60. The Bertz CT molecular complexity index is 795. The molecule has 2 aromatic rings. The van der Waals surface area contributed by atoms with Crippen molar-refractivity contribution >= 4 is 16.9 Å². The molecule has 0 N–H and O–H groups in total. The van der Waals surface area contributed by atoms with Gasteiger partial charge in [0.05, 0.1) is 5.52 Å². The number of benzene rings is 1. The molecule has 0 atom stereocenters. The summed E-state index contributed by atoms with van der Waals surface area (Å²) in [7, 11) is 0. The van der Waals surface area contributed by atoms with Crippen molar-refractivity contribution in [1.29, 1.82) is 0 Å². The van der Waals surface area contributed by atoms with Crippen molar-refractivity contribution < 1.29 is 4.79 Å². The van der Waals surface area contributed by atoms with E-state index < -0.39 is 0 Å². The van der Waals surface area contributed by atoms with Crippen LogP contribution in [-0.4, -0.2) is 20.9 Å². The van der Waals surface area contributed by atoms with Gasteiger partial charge in [0.25, 0.3) is 0 Å². The number of nitrogens with zero attached hydrogens (tertiary/aromatic N) is 3. The maximum Gasteiger partial charge on any atom is 0.248 e. The van der Waals surface area contributed by atoms with E-state index in [1.165, 1.54) is 114 Å². The van der Waals surface area contributed by atoms with Crippen molar-refractivity contribution in [2.24, 2.45) is 0 Å². The van der Waals surface area contributed by atoms with Gasteiger partial charge >= 0.3 is 0 Å². The molecule has 0 saturated carbocycles. The molecule has 0 saturated heterocycles. The molecule has 0 fully saturated rings. The maximum atomic E-state index is 12.4. The van der Waals surface area contributed by atoms with Crippen molar-refractivity contribution in [3.05, 3.63) is 36.4 Å². The first kappa shape index (κ1) is 28.3. The number of carbonyl (C=O) groups excluding carboxylic acids is 1. The van der Waals surface area contributed by atoms with E-state index in [1.54, 1.807) is 0 Å². The van der Waals surface area contributed by atoms with E-state index in [2.05, 4.69) is 29.4 Å². The Morgan fingerprint density at radius 2 is 1.21 bits per heavy atom. The zero-order chi connectivity index (χ0) is 24.1. The van der Waals surface area contributed by atoms with Crippen LogP contribution < -0.4 is 0 Å². The Morgan fingerprint density at radius 3 is 1.79 bits per heavy atom. The molecule has 4 heteroatoms. The van der Waals surface area contributed by atoms with Crippen molar-refractivity contribution in [3.8, 4) is 0 Å². The lowest BCUT2D eigenvalue weighted by Crippen LogP contribution is -2.12. The first-order chi connectivity index (χ1) is 16.8. The van der Waals surface area contributed by atoms with E-state index >= 15 is 0 Å². The number of fused-ring (bicyclic) bond motifs is 1. The Balaban J connectivity index is 1.30. The summed E-state index contributed by atoms with van der Waals surface area (Å²) in [6, 6.07) is 7.64. The van der Waals surface area contributed by atoms with Gasteiger partial charge in [-0.25, -0.2) is 0 Å². The van der Waals surface area contributed by atoms with Crippen LogP contribution in [0.2, 0.25) is 0 Å². The largest absolute Gasteiger partial charge is 0.273 e. The third-order valence-corrected chi connectivity index (χ3v) is 6.74. The van der Waals surface area contributed by atoms with E-state index in [4.69, 9.17) is 0 Å². The fraction of sp³-hybridized carbons (Fsp3) is 0.700.